The third-order valence-electron chi connectivity index (χ3n) is 2.47. The number of hydrogen-bond acceptors (Lipinski definition) is 2. The van der Waals surface area contributed by atoms with Crippen LogP contribution < -0.4 is 10.6 Å². The van der Waals surface area contributed by atoms with Gasteiger partial charge in [-0.2, -0.15) is 0 Å². The van der Waals surface area contributed by atoms with Gasteiger partial charge in [0.25, 0.3) is 0 Å². The van der Waals surface area contributed by atoms with Crippen LogP contribution in [0.5, 0.6) is 0 Å². The first-order chi connectivity index (χ1) is 9.95. The summed E-state index contributed by atoms with van der Waals surface area (Å²) in [6.45, 7) is 0. The Morgan fingerprint density at radius 1 is 0.857 bits per heavy atom. The molecule has 0 saturated carbocycles. The lowest BCUT2D eigenvalue weighted by atomic mass is 10.3. The van der Waals surface area contributed by atoms with E-state index in [2.05, 4.69) is 10.6 Å². The van der Waals surface area contributed by atoms with Gasteiger partial charge >= 0.3 is 11.8 Å². The Morgan fingerprint density at radius 3 is 2.05 bits per heavy atom. The van der Waals surface area contributed by atoms with Gasteiger partial charge in [-0.1, -0.05) is 29.3 Å². The summed E-state index contributed by atoms with van der Waals surface area (Å²) in [5, 5.41) is 5.22. The smallest absolute Gasteiger partial charge is 0.314 e. The standard InChI is InChI=1S/C14H9Cl2FN2O2/c15-11-5-4-10(7-12(11)16)19-14(21)13(20)18-9-3-1-2-8(17)6-9/h1-7H,(H,18,20)(H,19,21). The van der Waals surface area contributed by atoms with E-state index in [1.807, 2.05) is 0 Å². The molecular formula is C14H9Cl2FN2O2. The molecule has 2 aromatic carbocycles. The summed E-state index contributed by atoms with van der Waals surface area (Å²) in [5.74, 6) is -2.35. The quantitative estimate of drug-likeness (QED) is 0.826. The van der Waals surface area contributed by atoms with Crippen molar-refractivity contribution in [3.05, 3.63) is 58.3 Å². The molecule has 0 atom stereocenters. The number of benzene rings is 2. The molecule has 0 aliphatic rings. The summed E-state index contributed by atoms with van der Waals surface area (Å²) in [6.07, 6.45) is 0. The topological polar surface area (TPSA) is 58.2 Å². The highest BCUT2D eigenvalue weighted by molar-refractivity contribution is 6.44. The first kappa shape index (κ1) is 15.3. The van der Waals surface area contributed by atoms with Crippen LogP contribution in [0.1, 0.15) is 0 Å². The lowest BCUT2D eigenvalue weighted by Gasteiger charge is -2.07. The lowest BCUT2D eigenvalue weighted by molar-refractivity contribution is -0.133. The van der Waals surface area contributed by atoms with Gasteiger partial charge in [0.1, 0.15) is 5.82 Å². The summed E-state index contributed by atoms with van der Waals surface area (Å²) in [4.78, 5) is 23.4. The average molecular weight is 327 g/mol. The summed E-state index contributed by atoms with van der Waals surface area (Å²) in [7, 11) is 0. The highest BCUT2D eigenvalue weighted by Gasteiger charge is 2.14. The molecule has 0 fully saturated rings. The molecule has 21 heavy (non-hydrogen) atoms. The van der Waals surface area contributed by atoms with Gasteiger partial charge in [-0.25, -0.2) is 4.39 Å². The van der Waals surface area contributed by atoms with Gasteiger partial charge < -0.3 is 10.6 Å². The first-order valence-electron chi connectivity index (χ1n) is 5.78. The highest BCUT2D eigenvalue weighted by atomic mass is 35.5. The Morgan fingerprint density at radius 2 is 1.48 bits per heavy atom. The van der Waals surface area contributed by atoms with Crippen LogP contribution in [0.25, 0.3) is 0 Å². The Bertz CT molecular complexity index is 707. The number of carbonyl (C=O) groups is 2. The SMILES string of the molecule is O=C(Nc1cccc(F)c1)C(=O)Nc1ccc(Cl)c(Cl)c1. The zero-order valence-corrected chi connectivity index (χ0v) is 12.0. The Kier molecular flexibility index (Phi) is 4.77. The number of hydrogen-bond donors (Lipinski definition) is 2. The number of carbonyl (C=O) groups excluding carboxylic acids is 2. The number of halogens is 3. The molecule has 0 aliphatic carbocycles. The molecule has 0 aliphatic heterocycles. The molecule has 7 heteroatoms. The molecule has 2 aromatic rings. The normalized spacial score (nSPS) is 10.0. The van der Waals surface area contributed by atoms with Gasteiger partial charge in [0.15, 0.2) is 0 Å². The Hall–Kier alpha value is -2.11. The predicted molar refractivity (Wildman–Crippen MR) is 80.1 cm³/mol. The molecule has 4 nitrogen and oxygen atoms in total. The van der Waals surface area contributed by atoms with Gasteiger partial charge in [-0.3, -0.25) is 9.59 Å². The summed E-state index contributed by atoms with van der Waals surface area (Å²) < 4.78 is 13.0. The highest BCUT2D eigenvalue weighted by Crippen LogP contribution is 2.24. The molecule has 2 N–H and O–H groups in total. The van der Waals surface area contributed by atoms with Crippen LogP contribution in [0.15, 0.2) is 42.5 Å². The zero-order chi connectivity index (χ0) is 15.4. The second kappa shape index (κ2) is 6.56. The minimum atomic E-state index is -0.924. The minimum absolute atomic E-state index is 0.185. The fraction of sp³-hybridized carbons (Fsp3) is 0. The molecule has 0 aromatic heterocycles. The predicted octanol–water partition coefficient (Wildman–Crippen LogP) is 3.71. The van der Waals surface area contributed by atoms with E-state index in [1.165, 1.54) is 36.4 Å². The third kappa shape index (κ3) is 4.18. The minimum Gasteiger partial charge on any atom is -0.318 e. The van der Waals surface area contributed by atoms with Crippen molar-refractivity contribution in [3.63, 3.8) is 0 Å². The van der Waals surface area contributed by atoms with Gasteiger partial charge in [0.2, 0.25) is 0 Å². The monoisotopic (exact) mass is 326 g/mol. The second-order valence-electron chi connectivity index (χ2n) is 4.05. The molecule has 0 saturated heterocycles. The van der Waals surface area contributed by atoms with Crippen molar-refractivity contribution in [2.45, 2.75) is 0 Å². The van der Waals surface area contributed by atoms with E-state index >= 15 is 0 Å². The zero-order valence-electron chi connectivity index (χ0n) is 10.5. The van der Waals surface area contributed by atoms with Crippen LogP contribution in [0.4, 0.5) is 15.8 Å². The fourth-order valence-corrected chi connectivity index (χ4v) is 1.81. The molecule has 0 heterocycles. The van der Waals surface area contributed by atoms with E-state index in [-0.39, 0.29) is 10.7 Å². The van der Waals surface area contributed by atoms with Crippen molar-refractivity contribution in [3.8, 4) is 0 Å². The van der Waals surface area contributed by atoms with Crippen LogP contribution in [0.2, 0.25) is 10.0 Å². The van der Waals surface area contributed by atoms with E-state index < -0.39 is 17.6 Å². The number of anilines is 2. The van der Waals surface area contributed by atoms with Crippen LogP contribution in [-0.2, 0) is 9.59 Å². The van der Waals surface area contributed by atoms with Gasteiger partial charge in [-0.15, -0.1) is 0 Å². The van der Waals surface area contributed by atoms with Gasteiger partial charge in [-0.05, 0) is 36.4 Å². The van der Waals surface area contributed by atoms with E-state index in [4.69, 9.17) is 23.2 Å². The van der Waals surface area contributed by atoms with E-state index in [0.717, 1.165) is 6.07 Å². The van der Waals surface area contributed by atoms with Crippen LogP contribution in [0, 0.1) is 5.82 Å². The largest absolute Gasteiger partial charge is 0.318 e. The van der Waals surface area contributed by atoms with Crippen LogP contribution in [0.3, 0.4) is 0 Å². The molecule has 0 unspecified atom stereocenters. The first-order valence-corrected chi connectivity index (χ1v) is 6.54. The number of rotatable bonds is 2. The van der Waals surface area contributed by atoms with E-state index in [0.29, 0.717) is 10.7 Å². The Labute approximate surface area is 129 Å². The van der Waals surface area contributed by atoms with Crippen molar-refractivity contribution >= 4 is 46.4 Å². The van der Waals surface area contributed by atoms with Crippen LogP contribution >= 0.6 is 23.2 Å². The molecule has 0 radical (unpaired) electrons. The van der Waals surface area contributed by atoms with Crippen LogP contribution in [-0.4, -0.2) is 11.8 Å². The molecule has 2 amide bonds. The molecule has 2 rings (SSSR count). The van der Waals surface area contributed by atoms with E-state index in [1.54, 1.807) is 0 Å². The molecule has 0 bridgehead atoms. The maximum absolute atomic E-state index is 13.0. The molecule has 108 valence electrons. The maximum Gasteiger partial charge on any atom is 0.314 e. The van der Waals surface area contributed by atoms with Gasteiger partial charge in [0.05, 0.1) is 10.0 Å². The number of amides is 2. The third-order valence-corrected chi connectivity index (χ3v) is 3.21. The van der Waals surface area contributed by atoms with E-state index in [9.17, 15) is 14.0 Å². The lowest BCUT2D eigenvalue weighted by Crippen LogP contribution is -2.29. The van der Waals surface area contributed by atoms with Crippen molar-refractivity contribution < 1.29 is 14.0 Å². The Balaban J connectivity index is 2.02. The van der Waals surface area contributed by atoms with Crippen molar-refractivity contribution in [2.75, 3.05) is 10.6 Å². The molecular weight excluding hydrogens is 318 g/mol. The number of nitrogens with one attached hydrogen (secondary N) is 2. The summed E-state index contributed by atoms with van der Waals surface area (Å²) >= 11 is 11.5. The van der Waals surface area contributed by atoms with Crippen molar-refractivity contribution in [1.29, 1.82) is 0 Å². The van der Waals surface area contributed by atoms with Gasteiger partial charge in [0, 0.05) is 11.4 Å². The second-order valence-corrected chi connectivity index (χ2v) is 4.86. The van der Waals surface area contributed by atoms with Crippen molar-refractivity contribution in [1.82, 2.24) is 0 Å². The summed E-state index contributed by atoms with van der Waals surface area (Å²) in [5.41, 5.74) is 0.507. The van der Waals surface area contributed by atoms with Crippen molar-refractivity contribution in [2.24, 2.45) is 0 Å². The fourth-order valence-electron chi connectivity index (χ4n) is 1.52. The molecule has 0 spiro atoms. The average Bonchev–Trinajstić information content (AvgIpc) is 2.43. The maximum atomic E-state index is 13.0. The summed E-state index contributed by atoms with van der Waals surface area (Å²) in [6, 6.07) is 9.62.